The zero-order valence-electron chi connectivity index (χ0n) is 11.1. The van der Waals surface area contributed by atoms with Gasteiger partial charge in [0, 0.05) is 16.7 Å². The summed E-state index contributed by atoms with van der Waals surface area (Å²) in [7, 11) is 0. The summed E-state index contributed by atoms with van der Waals surface area (Å²) in [4.78, 5) is 8.09. The molecule has 1 aromatic carbocycles. The lowest BCUT2D eigenvalue weighted by atomic mass is 10.3. The highest BCUT2D eigenvalue weighted by molar-refractivity contribution is 9.10. The van der Waals surface area contributed by atoms with Gasteiger partial charge in [0.05, 0.1) is 20.8 Å². The second kappa shape index (κ2) is 5.51. The van der Waals surface area contributed by atoms with E-state index in [-0.39, 0.29) is 5.88 Å². The number of ether oxygens (including phenoxy) is 1. The van der Waals surface area contributed by atoms with Crippen LogP contribution in [0.2, 0.25) is 0 Å². The van der Waals surface area contributed by atoms with Crippen molar-refractivity contribution in [2.75, 3.05) is 0 Å². The van der Waals surface area contributed by atoms with Crippen molar-refractivity contribution in [1.29, 1.82) is 0 Å². The number of thiazole rings is 1. The summed E-state index contributed by atoms with van der Waals surface area (Å²) in [6, 6.07) is 5.64. The third-order valence-corrected chi connectivity index (χ3v) is 4.47. The first-order valence-corrected chi connectivity index (χ1v) is 7.72. The fourth-order valence-electron chi connectivity index (χ4n) is 1.86. The van der Waals surface area contributed by atoms with Crippen LogP contribution in [0.25, 0.3) is 10.2 Å². The van der Waals surface area contributed by atoms with Gasteiger partial charge in [0.25, 0.3) is 0 Å². The van der Waals surface area contributed by atoms with Gasteiger partial charge in [-0.15, -0.1) is 11.3 Å². The molecule has 22 heavy (non-hydrogen) atoms. The van der Waals surface area contributed by atoms with Crippen LogP contribution in [-0.4, -0.2) is 9.97 Å². The average Bonchev–Trinajstić information content (AvgIpc) is 2.84. The van der Waals surface area contributed by atoms with Gasteiger partial charge in [-0.2, -0.15) is 13.2 Å². The molecule has 0 aliphatic rings. The molecule has 2 heterocycles. The van der Waals surface area contributed by atoms with Gasteiger partial charge in [0.2, 0.25) is 5.88 Å². The van der Waals surface area contributed by atoms with E-state index in [2.05, 4.69) is 25.9 Å². The number of pyridine rings is 1. The SMILES string of the molecule is Cc1nc2c(Br)ccc(Oc3ccc(C(F)(F)F)cn3)c2s1. The number of rotatable bonds is 2. The smallest absolute Gasteiger partial charge is 0.417 e. The van der Waals surface area contributed by atoms with E-state index in [1.54, 1.807) is 12.1 Å². The van der Waals surface area contributed by atoms with Crippen LogP contribution in [0.15, 0.2) is 34.9 Å². The van der Waals surface area contributed by atoms with Crippen molar-refractivity contribution in [3.8, 4) is 11.6 Å². The summed E-state index contributed by atoms with van der Waals surface area (Å²) in [6.45, 7) is 1.87. The first-order valence-electron chi connectivity index (χ1n) is 6.11. The quantitative estimate of drug-likeness (QED) is 0.575. The van der Waals surface area contributed by atoms with Crippen molar-refractivity contribution in [3.63, 3.8) is 0 Å². The molecule has 0 saturated carbocycles. The lowest BCUT2D eigenvalue weighted by Gasteiger charge is -2.08. The van der Waals surface area contributed by atoms with Gasteiger partial charge >= 0.3 is 6.18 Å². The Morgan fingerprint density at radius 2 is 1.95 bits per heavy atom. The molecule has 0 radical (unpaired) electrons. The summed E-state index contributed by atoms with van der Waals surface area (Å²) < 4.78 is 44.8. The number of alkyl halides is 3. The molecule has 3 rings (SSSR count). The molecule has 0 N–H and O–H groups in total. The number of hydrogen-bond donors (Lipinski definition) is 0. The number of hydrogen-bond acceptors (Lipinski definition) is 4. The van der Waals surface area contributed by atoms with Gasteiger partial charge in [0.1, 0.15) is 5.75 Å². The minimum atomic E-state index is -4.41. The highest BCUT2D eigenvalue weighted by atomic mass is 79.9. The van der Waals surface area contributed by atoms with E-state index in [0.29, 0.717) is 5.75 Å². The molecule has 0 aliphatic carbocycles. The lowest BCUT2D eigenvalue weighted by Crippen LogP contribution is -2.05. The Labute approximate surface area is 135 Å². The van der Waals surface area contributed by atoms with E-state index < -0.39 is 11.7 Å². The summed E-state index contributed by atoms with van der Waals surface area (Å²) in [5.41, 5.74) is -0.0543. The van der Waals surface area contributed by atoms with Crippen molar-refractivity contribution in [2.24, 2.45) is 0 Å². The molecule has 0 bridgehead atoms. The highest BCUT2D eigenvalue weighted by Gasteiger charge is 2.30. The van der Waals surface area contributed by atoms with Crippen LogP contribution in [-0.2, 0) is 6.18 Å². The Morgan fingerprint density at radius 3 is 2.59 bits per heavy atom. The molecule has 2 aromatic heterocycles. The molecule has 0 fully saturated rings. The molecular weight excluding hydrogens is 381 g/mol. The first kappa shape index (κ1) is 15.2. The maximum atomic E-state index is 12.5. The van der Waals surface area contributed by atoms with Crippen LogP contribution in [0.5, 0.6) is 11.6 Å². The number of aromatic nitrogens is 2. The molecule has 0 saturated heterocycles. The number of aryl methyl sites for hydroxylation is 1. The topological polar surface area (TPSA) is 35.0 Å². The first-order chi connectivity index (χ1) is 10.3. The minimum Gasteiger partial charge on any atom is -0.437 e. The largest absolute Gasteiger partial charge is 0.437 e. The number of halogens is 4. The monoisotopic (exact) mass is 388 g/mol. The van der Waals surface area contributed by atoms with E-state index in [1.165, 1.54) is 17.4 Å². The molecule has 0 unspecified atom stereocenters. The van der Waals surface area contributed by atoms with Crippen LogP contribution < -0.4 is 4.74 Å². The molecule has 0 aliphatic heterocycles. The van der Waals surface area contributed by atoms with Gasteiger partial charge in [-0.1, -0.05) is 0 Å². The van der Waals surface area contributed by atoms with Crippen molar-refractivity contribution in [1.82, 2.24) is 9.97 Å². The molecule has 0 atom stereocenters. The number of fused-ring (bicyclic) bond motifs is 1. The van der Waals surface area contributed by atoms with Gasteiger partial charge in [0.15, 0.2) is 0 Å². The van der Waals surface area contributed by atoms with Crippen molar-refractivity contribution in [2.45, 2.75) is 13.1 Å². The number of nitrogens with zero attached hydrogens (tertiary/aromatic N) is 2. The van der Waals surface area contributed by atoms with Gasteiger partial charge in [-0.05, 0) is 41.1 Å². The molecular formula is C14H8BrF3N2OS. The molecule has 3 aromatic rings. The Morgan fingerprint density at radius 1 is 1.18 bits per heavy atom. The third kappa shape index (κ3) is 2.93. The minimum absolute atomic E-state index is 0.0997. The molecule has 3 nitrogen and oxygen atoms in total. The Balaban J connectivity index is 1.95. The second-order valence-electron chi connectivity index (χ2n) is 4.44. The number of benzene rings is 1. The molecule has 0 spiro atoms. The maximum Gasteiger partial charge on any atom is 0.417 e. The van der Waals surface area contributed by atoms with Crippen molar-refractivity contribution >= 4 is 37.5 Å². The molecule has 8 heteroatoms. The van der Waals surface area contributed by atoms with Crippen LogP contribution in [0.1, 0.15) is 10.6 Å². The fourth-order valence-corrected chi connectivity index (χ4v) is 3.31. The van der Waals surface area contributed by atoms with Crippen LogP contribution in [0, 0.1) is 6.92 Å². The average molecular weight is 389 g/mol. The van der Waals surface area contributed by atoms with Gasteiger partial charge < -0.3 is 4.74 Å². The summed E-state index contributed by atoms with van der Waals surface area (Å²) >= 11 is 4.85. The van der Waals surface area contributed by atoms with E-state index in [9.17, 15) is 13.2 Å². The van der Waals surface area contributed by atoms with E-state index in [0.717, 1.165) is 32.0 Å². The van der Waals surface area contributed by atoms with Crippen molar-refractivity contribution < 1.29 is 17.9 Å². The molecule has 0 amide bonds. The Kier molecular flexibility index (Phi) is 3.82. The predicted octanol–water partition coefficient (Wildman–Crippen LogP) is 5.57. The van der Waals surface area contributed by atoms with E-state index in [1.807, 2.05) is 6.92 Å². The zero-order chi connectivity index (χ0) is 15.9. The van der Waals surface area contributed by atoms with E-state index in [4.69, 9.17) is 4.74 Å². The van der Waals surface area contributed by atoms with Gasteiger partial charge in [-0.3, -0.25) is 0 Å². The summed E-state index contributed by atoms with van der Waals surface area (Å²) in [5, 5.41) is 0.868. The van der Waals surface area contributed by atoms with E-state index >= 15 is 0 Å². The predicted molar refractivity (Wildman–Crippen MR) is 81.4 cm³/mol. The highest BCUT2D eigenvalue weighted by Crippen LogP contribution is 2.37. The second-order valence-corrected chi connectivity index (χ2v) is 6.50. The lowest BCUT2D eigenvalue weighted by molar-refractivity contribution is -0.137. The maximum absolute atomic E-state index is 12.5. The summed E-state index contributed by atoms with van der Waals surface area (Å²) in [6.07, 6.45) is -3.66. The van der Waals surface area contributed by atoms with Crippen molar-refractivity contribution in [3.05, 3.63) is 45.5 Å². The Bertz CT molecular complexity index is 830. The Hall–Kier alpha value is -1.67. The zero-order valence-corrected chi connectivity index (χ0v) is 13.5. The molecule has 114 valence electrons. The van der Waals surface area contributed by atoms with Crippen LogP contribution >= 0.6 is 27.3 Å². The standard InChI is InChI=1S/C14H8BrF3N2OS/c1-7-20-12-9(15)3-4-10(13(12)22-7)21-11-5-2-8(6-19-11)14(16,17)18/h2-6H,1H3. The fraction of sp³-hybridized carbons (Fsp3) is 0.143. The third-order valence-electron chi connectivity index (χ3n) is 2.84. The summed E-state index contributed by atoms with van der Waals surface area (Å²) in [5.74, 6) is 0.610. The van der Waals surface area contributed by atoms with Crippen LogP contribution in [0.4, 0.5) is 13.2 Å². The van der Waals surface area contributed by atoms with Gasteiger partial charge in [-0.25, -0.2) is 9.97 Å². The van der Waals surface area contributed by atoms with Crippen LogP contribution in [0.3, 0.4) is 0 Å². The normalized spacial score (nSPS) is 11.9.